The Bertz CT molecular complexity index is 812. The van der Waals surface area contributed by atoms with E-state index in [0.717, 1.165) is 70.8 Å². The molecule has 7 nitrogen and oxygen atoms in total. The third-order valence-corrected chi connectivity index (χ3v) is 6.42. The fraction of sp³-hybridized carbons (Fsp3) is 0.583. The van der Waals surface area contributed by atoms with Crippen LogP contribution in [0.1, 0.15) is 36.0 Å². The van der Waals surface area contributed by atoms with Gasteiger partial charge < -0.3 is 19.3 Å². The van der Waals surface area contributed by atoms with E-state index < -0.39 is 0 Å². The Labute approximate surface area is 184 Å². The Balaban J connectivity index is 1.47. The number of carbonyl (C=O) groups excluding carboxylic acids is 1. The molecule has 0 aliphatic carbocycles. The lowest BCUT2D eigenvalue weighted by Crippen LogP contribution is -2.44. The highest BCUT2D eigenvalue weighted by molar-refractivity contribution is 5.97. The van der Waals surface area contributed by atoms with Gasteiger partial charge in [-0.15, -0.1) is 0 Å². The molecular formula is C24H34N4O3. The van der Waals surface area contributed by atoms with Crippen LogP contribution in [0.2, 0.25) is 0 Å². The van der Waals surface area contributed by atoms with E-state index >= 15 is 0 Å². The first-order valence-electron chi connectivity index (χ1n) is 11.5. The maximum absolute atomic E-state index is 13.7. The number of hydrogen-bond acceptors (Lipinski definition) is 5. The normalized spacial score (nSPS) is 20.2. The van der Waals surface area contributed by atoms with Gasteiger partial charge in [-0.05, 0) is 62.9 Å². The van der Waals surface area contributed by atoms with Gasteiger partial charge in [0.2, 0.25) is 0 Å². The van der Waals surface area contributed by atoms with Crippen molar-refractivity contribution in [1.29, 1.82) is 0 Å². The van der Waals surface area contributed by atoms with Gasteiger partial charge >= 0.3 is 0 Å². The zero-order valence-corrected chi connectivity index (χ0v) is 18.5. The van der Waals surface area contributed by atoms with E-state index in [0.29, 0.717) is 18.0 Å². The van der Waals surface area contributed by atoms with Crippen molar-refractivity contribution in [3.8, 4) is 5.69 Å². The highest BCUT2D eigenvalue weighted by atomic mass is 16.5. The molecule has 168 valence electrons. The molecule has 1 aromatic carbocycles. The molecule has 2 fully saturated rings. The minimum absolute atomic E-state index is 0.0726. The smallest absolute Gasteiger partial charge is 0.256 e. The summed E-state index contributed by atoms with van der Waals surface area (Å²) in [7, 11) is 1.75. The maximum Gasteiger partial charge on any atom is 0.256 e. The van der Waals surface area contributed by atoms with Crippen LogP contribution in [0.5, 0.6) is 0 Å². The number of rotatable bonds is 9. The van der Waals surface area contributed by atoms with Crippen molar-refractivity contribution in [1.82, 2.24) is 19.6 Å². The molecule has 0 N–H and O–H groups in total. The van der Waals surface area contributed by atoms with Crippen molar-refractivity contribution in [2.24, 2.45) is 5.92 Å². The first-order chi connectivity index (χ1) is 15.2. The molecule has 0 spiro atoms. The molecule has 2 aliphatic rings. The Hall–Kier alpha value is -2.22. The molecule has 4 rings (SSSR count). The monoisotopic (exact) mass is 426 g/mol. The van der Waals surface area contributed by atoms with Gasteiger partial charge in [0.05, 0.1) is 24.0 Å². The molecule has 2 aromatic rings. The minimum Gasteiger partial charge on any atom is -0.383 e. The summed E-state index contributed by atoms with van der Waals surface area (Å²) in [5.74, 6) is 0.587. The van der Waals surface area contributed by atoms with E-state index in [1.807, 2.05) is 41.4 Å². The van der Waals surface area contributed by atoms with Gasteiger partial charge in [0, 0.05) is 45.7 Å². The van der Waals surface area contributed by atoms with Crippen LogP contribution >= 0.6 is 0 Å². The lowest BCUT2D eigenvalue weighted by molar-refractivity contribution is 0.0437. The summed E-state index contributed by atoms with van der Waals surface area (Å²) in [5, 5.41) is 4.35. The predicted molar refractivity (Wildman–Crippen MR) is 119 cm³/mol. The highest BCUT2D eigenvalue weighted by Gasteiger charge is 2.29. The number of benzene rings is 1. The van der Waals surface area contributed by atoms with Crippen LogP contribution < -0.4 is 0 Å². The summed E-state index contributed by atoms with van der Waals surface area (Å²) in [5.41, 5.74) is 1.52. The van der Waals surface area contributed by atoms with Crippen LogP contribution in [0.3, 0.4) is 0 Å². The van der Waals surface area contributed by atoms with Gasteiger partial charge in [-0.25, -0.2) is 4.68 Å². The largest absolute Gasteiger partial charge is 0.383 e. The summed E-state index contributed by atoms with van der Waals surface area (Å²) in [6.45, 7) is 6.14. The lowest BCUT2D eigenvalue weighted by Gasteiger charge is -2.35. The number of amides is 1. The quantitative estimate of drug-likeness (QED) is 0.617. The third kappa shape index (κ3) is 5.73. The molecule has 0 unspecified atom stereocenters. The van der Waals surface area contributed by atoms with Crippen LogP contribution in [0.15, 0.2) is 42.7 Å². The molecule has 31 heavy (non-hydrogen) atoms. The van der Waals surface area contributed by atoms with Crippen molar-refractivity contribution in [3.63, 3.8) is 0 Å². The van der Waals surface area contributed by atoms with Crippen LogP contribution in [0.25, 0.3) is 5.69 Å². The van der Waals surface area contributed by atoms with E-state index in [2.05, 4.69) is 10.00 Å². The first-order valence-corrected chi connectivity index (χ1v) is 11.5. The van der Waals surface area contributed by atoms with Gasteiger partial charge in [-0.2, -0.15) is 5.10 Å². The molecule has 7 heteroatoms. The predicted octanol–water partition coefficient (Wildman–Crippen LogP) is 2.85. The van der Waals surface area contributed by atoms with Crippen molar-refractivity contribution in [2.75, 3.05) is 53.0 Å². The summed E-state index contributed by atoms with van der Waals surface area (Å²) in [4.78, 5) is 18.2. The second kappa shape index (κ2) is 10.9. The van der Waals surface area contributed by atoms with Gasteiger partial charge in [0.25, 0.3) is 5.91 Å². The van der Waals surface area contributed by atoms with Crippen LogP contribution in [0.4, 0.5) is 0 Å². The average Bonchev–Trinajstić information content (AvgIpc) is 3.52. The zero-order chi connectivity index (χ0) is 21.5. The first kappa shape index (κ1) is 22.0. The second-order valence-corrected chi connectivity index (χ2v) is 8.59. The number of likely N-dealkylation sites (tertiary alicyclic amines) is 1. The van der Waals surface area contributed by atoms with Crippen LogP contribution in [-0.2, 0) is 9.47 Å². The number of aromatic nitrogens is 2. The van der Waals surface area contributed by atoms with E-state index in [9.17, 15) is 4.79 Å². The van der Waals surface area contributed by atoms with E-state index in [1.54, 1.807) is 18.0 Å². The van der Waals surface area contributed by atoms with Crippen molar-refractivity contribution >= 4 is 5.91 Å². The van der Waals surface area contributed by atoms with E-state index in [1.165, 1.54) is 0 Å². The molecule has 2 saturated heterocycles. The average molecular weight is 427 g/mol. The van der Waals surface area contributed by atoms with Gasteiger partial charge in [-0.3, -0.25) is 4.79 Å². The highest BCUT2D eigenvalue weighted by Crippen LogP contribution is 2.23. The summed E-state index contributed by atoms with van der Waals surface area (Å²) < 4.78 is 12.9. The van der Waals surface area contributed by atoms with Gasteiger partial charge in [0.1, 0.15) is 0 Å². The number of nitrogens with zero attached hydrogens (tertiary/aromatic N) is 4. The third-order valence-electron chi connectivity index (χ3n) is 6.42. The molecule has 3 heterocycles. The molecule has 0 radical (unpaired) electrons. The SMILES string of the molecule is COCCN1CCC(CN(C[C@@H]2CCCO2)C(=O)c2ccccc2-n2cccn2)CC1. The minimum atomic E-state index is 0.0726. The molecular weight excluding hydrogens is 392 g/mol. The zero-order valence-electron chi connectivity index (χ0n) is 18.5. The van der Waals surface area contributed by atoms with Crippen molar-refractivity contribution < 1.29 is 14.3 Å². The maximum atomic E-state index is 13.7. The summed E-state index contributed by atoms with van der Waals surface area (Å²) in [6.07, 6.45) is 8.09. The number of ether oxygens (including phenoxy) is 2. The number of para-hydroxylation sites is 1. The molecule has 1 atom stereocenters. The van der Waals surface area contributed by atoms with Crippen LogP contribution in [-0.4, -0.2) is 84.6 Å². The fourth-order valence-corrected chi connectivity index (χ4v) is 4.64. The topological polar surface area (TPSA) is 59.8 Å². The van der Waals surface area contributed by atoms with Gasteiger partial charge in [-0.1, -0.05) is 12.1 Å². The van der Waals surface area contributed by atoms with E-state index in [4.69, 9.17) is 9.47 Å². The van der Waals surface area contributed by atoms with Gasteiger partial charge in [0.15, 0.2) is 0 Å². The number of carbonyl (C=O) groups is 1. The van der Waals surface area contributed by atoms with Crippen molar-refractivity contribution in [2.45, 2.75) is 31.8 Å². The van der Waals surface area contributed by atoms with Crippen LogP contribution in [0, 0.1) is 5.92 Å². The Kier molecular flexibility index (Phi) is 7.72. The number of hydrogen-bond donors (Lipinski definition) is 0. The summed E-state index contributed by atoms with van der Waals surface area (Å²) in [6, 6.07) is 9.63. The molecule has 1 aromatic heterocycles. The molecule has 0 bridgehead atoms. The molecule has 0 saturated carbocycles. The Morgan fingerprint density at radius 2 is 2.03 bits per heavy atom. The second-order valence-electron chi connectivity index (χ2n) is 8.59. The Morgan fingerprint density at radius 1 is 1.19 bits per heavy atom. The van der Waals surface area contributed by atoms with E-state index in [-0.39, 0.29) is 12.0 Å². The molecule has 1 amide bonds. The summed E-state index contributed by atoms with van der Waals surface area (Å²) >= 11 is 0. The fourth-order valence-electron chi connectivity index (χ4n) is 4.64. The van der Waals surface area contributed by atoms with Crippen molar-refractivity contribution in [3.05, 3.63) is 48.3 Å². The standard InChI is InChI=1S/C24H34N4O3/c1-30-17-15-26-13-9-20(10-14-26)18-27(19-21-6-4-16-31-21)24(29)22-7-2-3-8-23(22)28-12-5-11-25-28/h2-3,5,7-8,11-12,20-21H,4,6,9-10,13-19H2,1H3/t21-/m0/s1. The lowest BCUT2D eigenvalue weighted by atomic mass is 9.95. The number of methoxy groups -OCH3 is 1. The Morgan fingerprint density at radius 3 is 2.74 bits per heavy atom. The molecule has 2 aliphatic heterocycles. The number of piperidine rings is 1.